The van der Waals surface area contributed by atoms with E-state index in [-0.39, 0.29) is 25.7 Å². The molecule has 1 aliphatic rings. The minimum atomic E-state index is -0.747. The highest BCUT2D eigenvalue weighted by Crippen LogP contribution is 2.08. The molecule has 1 atom stereocenters. The van der Waals surface area contributed by atoms with Crippen molar-refractivity contribution < 1.29 is 19.1 Å². The van der Waals surface area contributed by atoms with E-state index in [1.54, 1.807) is 6.20 Å². The second-order valence-corrected chi connectivity index (χ2v) is 5.45. The molecular formula is C16H19N5O4. The first-order valence-electron chi connectivity index (χ1n) is 7.86. The van der Waals surface area contributed by atoms with Crippen LogP contribution in [0.2, 0.25) is 0 Å². The summed E-state index contributed by atoms with van der Waals surface area (Å²) in [6.45, 7) is 1.11. The summed E-state index contributed by atoms with van der Waals surface area (Å²) in [5.41, 5.74) is 1.48. The Kier molecular flexibility index (Phi) is 5.24. The van der Waals surface area contributed by atoms with Crippen molar-refractivity contribution in [2.24, 2.45) is 0 Å². The summed E-state index contributed by atoms with van der Waals surface area (Å²) in [6, 6.07) is 9.21. The van der Waals surface area contributed by atoms with E-state index in [4.69, 9.17) is 4.74 Å². The quantitative estimate of drug-likeness (QED) is 0.803. The standard InChI is InChI=1S/C16H19N5O4/c1-24-15(22)14-11-20(7-8-25-14)16(23)17-9-12-10-18-21(19-12)13-5-3-2-4-6-13/h2-6,10,14H,7-9,11H2,1H3,(H,17,23). The van der Waals surface area contributed by atoms with Crippen molar-refractivity contribution in [2.75, 3.05) is 26.8 Å². The maximum absolute atomic E-state index is 12.3. The number of urea groups is 1. The third-order valence-corrected chi connectivity index (χ3v) is 3.76. The fourth-order valence-electron chi connectivity index (χ4n) is 2.45. The Bertz CT molecular complexity index is 733. The summed E-state index contributed by atoms with van der Waals surface area (Å²) in [7, 11) is 1.29. The summed E-state index contributed by atoms with van der Waals surface area (Å²) in [6.07, 6.45) is 0.854. The van der Waals surface area contributed by atoms with Gasteiger partial charge in [-0.3, -0.25) is 0 Å². The molecule has 1 aromatic heterocycles. The van der Waals surface area contributed by atoms with Gasteiger partial charge in [-0.25, -0.2) is 9.59 Å². The van der Waals surface area contributed by atoms with Crippen LogP contribution in [0.3, 0.4) is 0 Å². The molecule has 25 heavy (non-hydrogen) atoms. The number of nitrogens with zero attached hydrogens (tertiary/aromatic N) is 4. The molecule has 0 radical (unpaired) electrons. The van der Waals surface area contributed by atoms with Crippen LogP contribution in [0.25, 0.3) is 5.69 Å². The van der Waals surface area contributed by atoms with E-state index in [1.807, 2.05) is 30.3 Å². The third kappa shape index (κ3) is 4.13. The highest BCUT2D eigenvalue weighted by Gasteiger charge is 2.29. The Hall–Kier alpha value is -2.94. The topological polar surface area (TPSA) is 98.6 Å². The summed E-state index contributed by atoms with van der Waals surface area (Å²) >= 11 is 0. The molecule has 1 aliphatic heterocycles. The first-order chi connectivity index (χ1) is 12.2. The van der Waals surface area contributed by atoms with Gasteiger partial charge in [-0.1, -0.05) is 18.2 Å². The number of benzene rings is 1. The Labute approximate surface area is 144 Å². The molecule has 2 heterocycles. The first-order valence-corrected chi connectivity index (χ1v) is 7.86. The molecule has 2 aromatic rings. The summed E-state index contributed by atoms with van der Waals surface area (Å²) in [5, 5.41) is 11.3. The number of morpholine rings is 1. The van der Waals surface area contributed by atoms with Crippen LogP contribution in [0.4, 0.5) is 4.79 Å². The third-order valence-electron chi connectivity index (χ3n) is 3.76. The van der Waals surface area contributed by atoms with E-state index in [0.29, 0.717) is 12.2 Å². The fourth-order valence-corrected chi connectivity index (χ4v) is 2.45. The second-order valence-electron chi connectivity index (χ2n) is 5.45. The summed E-state index contributed by atoms with van der Waals surface area (Å²) < 4.78 is 9.95. The minimum Gasteiger partial charge on any atom is -0.467 e. The van der Waals surface area contributed by atoms with E-state index in [9.17, 15) is 9.59 Å². The van der Waals surface area contributed by atoms with Crippen LogP contribution >= 0.6 is 0 Å². The van der Waals surface area contributed by atoms with Crippen LogP contribution in [0.5, 0.6) is 0 Å². The van der Waals surface area contributed by atoms with Crippen molar-refractivity contribution in [2.45, 2.75) is 12.6 Å². The number of carbonyl (C=O) groups is 2. The molecule has 1 saturated heterocycles. The average Bonchev–Trinajstić information content (AvgIpc) is 3.15. The zero-order valence-electron chi connectivity index (χ0n) is 13.8. The maximum Gasteiger partial charge on any atom is 0.336 e. The number of aromatic nitrogens is 3. The fraction of sp³-hybridized carbons (Fsp3) is 0.375. The SMILES string of the molecule is COC(=O)C1CN(C(=O)NCc2cnn(-c3ccccc3)n2)CCO1. The van der Waals surface area contributed by atoms with Crippen molar-refractivity contribution in [3.63, 3.8) is 0 Å². The van der Waals surface area contributed by atoms with Gasteiger partial charge in [-0.15, -0.1) is 0 Å². The van der Waals surface area contributed by atoms with E-state index in [2.05, 4.69) is 20.3 Å². The van der Waals surface area contributed by atoms with E-state index in [1.165, 1.54) is 16.8 Å². The number of ether oxygens (including phenoxy) is 2. The van der Waals surface area contributed by atoms with E-state index < -0.39 is 12.1 Å². The van der Waals surface area contributed by atoms with Crippen LogP contribution < -0.4 is 5.32 Å². The minimum absolute atomic E-state index is 0.162. The largest absolute Gasteiger partial charge is 0.467 e. The van der Waals surface area contributed by atoms with Gasteiger partial charge in [0.15, 0.2) is 6.10 Å². The molecule has 1 unspecified atom stereocenters. The highest BCUT2D eigenvalue weighted by atomic mass is 16.6. The lowest BCUT2D eigenvalue weighted by atomic mass is 10.3. The van der Waals surface area contributed by atoms with Crippen LogP contribution in [0.15, 0.2) is 36.5 Å². The van der Waals surface area contributed by atoms with Gasteiger partial charge in [0.1, 0.15) is 5.69 Å². The van der Waals surface area contributed by atoms with Gasteiger partial charge in [0.25, 0.3) is 0 Å². The number of amides is 2. The number of hydrogen-bond acceptors (Lipinski definition) is 6. The first kappa shape index (κ1) is 16.9. The maximum atomic E-state index is 12.3. The smallest absolute Gasteiger partial charge is 0.336 e. The molecule has 3 rings (SSSR count). The number of esters is 1. The van der Waals surface area contributed by atoms with Crippen LogP contribution in [0.1, 0.15) is 5.69 Å². The van der Waals surface area contributed by atoms with Crippen molar-refractivity contribution in [1.82, 2.24) is 25.2 Å². The number of rotatable bonds is 4. The molecule has 1 N–H and O–H groups in total. The zero-order valence-corrected chi connectivity index (χ0v) is 13.8. The van der Waals surface area contributed by atoms with E-state index >= 15 is 0 Å². The lowest BCUT2D eigenvalue weighted by Gasteiger charge is -2.31. The molecule has 0 bridgehead atoms. The molecule has 0 saturated carbocycles. The molecular weight excluding hydrogens is 326 g/mol. The van der Waals surface area contributed by atoms with Crippen LogP contribution in [-0.2, 0) is 20.8 Å². The number of carbonyl (C=O) groups excluding carboxylic acids is 2. The molecule has 0 spiro atoms. The lowest BCUT2D eigenvalue weighted by molar-refractivity contribution is -0.158. The van der Waals surface area contributed by atoms with Gasteiger partial charge >= 0.3 is 12.0 Å². The van der Waals surface area contributed by atoms with Crippen molar-refractivity contribution in [3.8, 4) is 5.69 Å². The highest BCUT2D eigenvalue weighted by molar-refractivity contribution is 5.78. The Morgan fingerprint density at radius 3 is 2.92 bits per heavy atom. The Morgan fingerprint density at radius 1 is 1.36 bits per heavy atom. The summed E-state index contributed by atoms with van der Waals surface area (Å²) in [5.74, 6) is -0.483. The number of methoxy groups -OCH3 is 1. The molecule has 1 fully saturated rings. The van der Waals surface area contributed by atoms with Gasteiger partial charge in [0.05, 0.1) is 38.7 Å². The van der Waals surface area contributed by atoms with Crippen molar-refractivity contribution in [1.29, 1.82) is 0 Å². The summed E-state index contributed by atoms with van der Waals surface area (Å²) in [4.78, 5) is 26.8. The molecule has 0 aliphatic carbocycles. The monoisotopic (exact) mass is 345 g/mol. The second kappa shape index (κ2) is 7.75. The average molecular weight is 345 g/mol. The van der Waals surface area contributed by atoms with Crippen LogP contribution in [-0.4, -0.2) is 64.8 Å². The molecule has 132 valence electrons. The predicted octanol–water partition coefficient (Wildman–Crippen LogP) is 0.351. The number of hydrogen-bond donors (Lipinski definition) is 1. The van der Waals surface area contributed by atoms with Gasteiger partial charge in [-0.05, 0) is 12.1 Å². The van der Waals surface area contributed by atoms with Crippen LogP contribution in [0, 0.1) is 0 Å². The van der Waals surface area contributed by atoms with Gasteiger partial charge < -0.3 is 19.7 Å². The molecule has 9 nitrogen and oxygen atoms in total. The van der Waals surface area contributed by atoms with Crippen molar-refractivity contribution in [3.05, 3.63) is 42.2 Å². The Balaban J connectivity index is 1.54. The van der Waals surface area contributed by atoms with Crippen molar-refractivity contribution >= 4 is 12.0 Å². The molecule has 1 aromatic carbocycles. The predicted molar refractivity (Wildman–Crippen MR) is 86.9 cm³/mol. The van der Waals surface area contributed by atoms with Gasteiger partial charge in [0.2, 0.25) is 0 Å². The van der Waals surface area contributed by atoms with Gasteiger partial charge in [0, 0.05) is 6.54 Å². The normalized spacial score (nSPS) is 17.2. The van der Waals surface area contributed by atoms with E-state index in [0.717, 1.165) is 5.69 Å². The molecule has 9 heteroatoms. The molecule has 2 amide bonds. The lowest BCUT2D eigenvalue weighted by Crippen LogP contribution is -2.51. The number of para-hydroxylation sites is 1. The van der Waals surface area contributed by atoms with Gasteiger partial charge in [-0.2, -0.15) is 15.0 Å². The zero-order chi connectivity index (χ0) is 17.6. The Morgan fingerprint density at radius 2 is 2.16 bits per heavy atom. The number of nitrogens with one attached hydrogen (secondary N) is 1.